The summed E-state index contributed by atoms with van der Waals surface area (Å²) in [6, 6.07) is 13.1. The van der Waals surface area contributed by atoms with Crippen LogP contribution in [0.1, 0.15) is 24.5 Å². The molecule has 0 aliphatic rings. The number of benzene rings is 2. The molecule has 0 bridgehead atoms. The van der Waals surface area contributed by atoms with Crippen molar-refractivity contribution >= 4 is 17.5 Å². The topological polar surface area (TPSA) is 76.7 Å². The van der Waals surface area contributed by atoms with Gasteiger partial charge in [-0.2, -0.15) is 0 Å². The van der Waals surface area contributed by atoms with E-state index < -0.39 is 0 Å². The SMILES string of the molecule is CCc1cccc(C)c1NC(=O)CC(=O)NCCOc1ccc(OC)cc1. The molecule has 0 aliphatic carbocycles. The molecule has 0 unspecified atom stereocenters. The summed E-state index contributed by atoms with van der Waals surface area (Å²) in [5, 5.41) is 5.53. The fraction of sp³-hybridized carbons (Fsp3) is 0.333. The first-order chi connectivity index (χ1) is 13.0. The van der Waals surface area contributed by atoms with Crippen LogP contribution >= 0.6 is 0 Å². The molecule has 27 heavy (non-hydrogen) atoms. The third kappa shape index (κ3) is 6.33. The van der Waals surface area contributed by atoms with Crippen LogP contribution < -0.4 is 20.1 Å². The predicted molar refractivity (Wildman–Crippen MR) is 105 cm³/mol. The average Bonchev–Trinajstić information content (AvgIpc) is 2.67. The second kappa shape index (κ2) is 10.2. The van der Waals surface area contributed by atoms with E-state index in [9.17, 15) is 9.59 Å². The molecule has 0 saturated heterocycles. The lowest BCUT2D eigenvalue weighted by atomic mass is 10.1. The van der Waals surface area contributed by atoms with Crippen molar-refractivity contribution in [2.45, 2.75) is 26.7 Å². The highest BCUT2D eigenvalue weighted by atomic mass is 16.5. The van der Waals surface area contributed by atoms with Crippen LogP contribution in [0.4, 0.5) is 5.69 Å². The number of hydrogen-bond donors (Lipinski definition) is 2. The molecule has 0 aromatic heterocycles. The van der Waals surface area contributed by atoms with E-state index in [2.05, 4.69) is 10.6 Å². The van der Waals surface area contributed by atoms with Crippen molar-refractivity contribution in [2.24, 2.45) is 0 Å². The van der Waals surface area contributed by atoms with E-state index in [4.69, 9.17) is 9.47 Å². The summed E-state index contributed by atoms with van der Waals surface area (Å²) in [6.07, 6.45) is 0.589. The van der Waals surface area contributed by atoms with Gasteiger partial charge < -0.3 is 20.1 Å². The molecule has 2 amide bonds. The molecule has 6 heteroatoms. The first-order valence-electron chi connectivity index (χ1n) is 8.95. The minimum Gasteiger partial charge on any atom is -0.497 e. The van der Waals surface area contributed by atoms with Crippen molar-refractivity contribution in [3.8, 4) is 11.5 Å². The van der Waals surface area contributed by atoms with Crippen molar-refractivity contribution < 1.29 is 19.1 Å². The zero-order chi connectivity index (χ0) is 19.6. The lowest BCUT2D eigenvalue weighted by Crippen LogP contribution is -2.31. The van der Waals surface area contributed by atoms with Gasteiger partial charge in [0.1, 0.15) is 24.5 Å². The molecule has 2 N–H and O–H groups in total. The van der Waals surface area contributed by atoms with Crippen LogP contribution in [0.25, 0.3) is 0 Å². The maximum Gasteiger partial charge on any atom is 0.233 e. The maximum atomic E-state index is 12.1. The zero-order valence-corrected chi connectivity index (χ0v) is 16.0. The van der Waals surface area contributed by atoms with E-state index >= 15 is 0 Å². The Labute approximate surface area is 159 Å². The lowest BCUT2D eigenvalue weighted by Gasteiger charge is -2.13. The van der Waals surface area contributed by atoms with Gasteiger partial charge in [-0.15, -0.1) is 0 Å². The van der Waals surface area contributed by atoms with E-state index in [1.165, 1.54) is 0 Å². The number of hydrogen-bond acceptors (Lipinski definition) is 4. The monoisotopic (exact) mass is 370 g/mol. The van der Waals surface area contributed by atoms with Crippen molar-refractivity contribution in [1.82, 2.24) is 5.32 Å². The van der Waals surface area contributed by atoms with Gasteiger partial charge in [0, 0.05) is 5.69 Å². The summed E-state index contributed by atoms with van der Waals surface area (Å²) in [4.78, 5) is 24.1. The molecule has 2 aromatic carbocycles. The van der Waals surface area contributed by atoms with Crippen molar-refractivity contribution in [3.63, 3.8) is 0 Å². The smallest absolute Gasteiger partial charge is 0.233 e. The van der Waals surface area contributed by atoms with Crippen molar-refractivity contribution in [2.75, 3.05) is 25.6 Å². The normalized spacial score (nSPS) is 10.2. The number of anilines is 1. The Balaban J connectivity index is 1.73. The minimum absolute atomic E-state index is 0.222. The quantitative estimate of drug-likeness (QED) is 0.525. The summed E-state index contributed by atoms with van der Waals surface area (Å²) in [7, 11) is 1.60. The summed E-state index contributed by atoms with van der Waals surface area (Å²) in [6.45, 7) is 4.60. The van der Waals surface area contributed by atoms with E-state index in [1.54, 1.807) is 31.4 Å². The Morgan fingerprint density at radius 3 is 2.37 bits per heavy atom. The fourth-order valence-corrected chi connectivity index (χ4v) is 2.63. The van der Waals surface area contributed by atoms with Gasteiger partial charge in [-0.05, 0) is 48.7 Å². The molecule has 6 nitrogen and oxygen atoms in total. The number of para-hydroxylation sites is 1. The number of amides is 2. The predicted octanol–water partition coefficient (Wildman–Crippen LogP) is 3.09. The minimum atomic E-state index is -0.336. The van der Waals surface area contributed by atoms with E-state index in [-0.39, 0.29) is 18.2 Å². The van der Waals surface area contributed by atoms with Gasteiger partial charge in [0.15, 0.2) is 0 Å². The zero-order valence-electron chi connectivity index (χ0n) is 16.0. The average molecular weight is 370 g/mol. The molecule has 0 aliphatic heterocycles. The number of carbonyl (C=O) groups excluding carboxylic acids is 2. The van der Waals surface area contributed by atoms with Crippen molar-refractivity contribution in [3.05, 3.63) is 53.6 Å². The van der Waals surface area contributed by atoms with Gasteiger partial charge in [0.25, 0.3) is 0 Å². The van der Waals surface area contributed by atoms with E-state index in [1.807, 2.05) is 32.0 Å². The number of methoxy groups -OCH3 is 1. The summed E-state index contributed by atoms with van der Waals surface area (Å²) >= 11 is 0. The number of aryl methyl sites for hydroxylation is 2. The highest BCUT2D eigenvalue weighted by molar-refractivity contribution is 6.04. The van der Waals surface area contributed by atoms with Crippen LogP contribution in [0.3, 0.4) is 0 Å². The number of carbonyl (C=O) groups is 2. The third-order valence-corrected chi connectivity index (χ3v) is 4.08. The summed E-state index contributed by atoms with van der Waals surface area (Å²) in [5.74, 6) is 0.779. The molecular formula is C21H26N2O4. The van der Waals surface area contributed by atoms with Gasteiger partial charge >= 0.3 is 0 Å². The Morgan fingerprint density at radius 1 is 1.00 bits per heavy atom. The highest BCUT2D eigenvalue weighted by Gasteiger charge is 2.12. The molecule has 144 valence electrons. The largest absolute Gasteiger partial charge is 0.497 e. The lowest BCUT2D eigenvalue weighted by molar-refractivity contribution is -0.126. The van der Waals surface area contributed by atoms with Gasteiger partial charge in [0.05, 0.1) is 13.7 Å². The molecule has 2 aromatic rings. The Hall–Kier alpha value is -3.02. The molecule has 2 rings (SSSR count). The number of rotatable bonds is 9. The number of nitrogens with one attached hydrogen (secondary N) is 2. The first kappa shape index (κ1) is 20.3. The van der Waals surface area contributed by atoms with E-state index in [0.29, 0.717) is 18.9 Å². The first-order valence-corrected chi connectivity index (χ1v) is 8.95. The number of ether oxygens (including phenoxy) is 2. The maximum absolute atomic E-state index is 12.1. The van der Waals surface area contributed by atoms with Crippen LogP contribution in [0, 0.1) is 6.92 Å². The second-order valence-corrected chi connectivity index (χ2v) is 6.06. The van der Waals surface area contributed by atoms with Gasteiger partial charge in [0.2, 0.25) is 11.8 Å². The summed E-state index contributed by atoms with van der Waals surface area (Å²) in [5.41, 5.74) is 2.83. The molecule has 0 atom stereocenters. The standard InChI is InChI=1S/C21H26N2O4/c1-4-16-7-5-6-15(2)21(16)23-20(25)14-19(24)22-12-13-27-18-10-8-17(26-3)9-11-18/h5-11H,4,12-14H2,1-3H3,(H,22,24)(H,23,25). The Kier molecular flexibility index (Phi) is 7.67. The van der Waals surface area contributed by atoms with Crippen LogP contribution in [0.5, 0.6) is 11.5 Å². The second-order valence-electron chi connectivity index (χ2n) is 6.06. The molecule has 0 fully saturated rings. The molecule has 0 heterocycles. The molecule has 0 spiro atoms. The fourth-order valence-electron chi connectivity index (χ4n) is 2.63. The molecule has 0 radical (unpaired) electrons. The Morgan fingerprint density at radius 2 is 1.70 bits per heavy atom. The van der Waals surface area contributed by atoms with Crippen LogP contribution in [-0.2, 0) is 16.0 Å². The Bertz CT molecular complexity index is 772. The van der Waals surface area contributed by atoms with Gasteiger partial charge in [-0.3, -0.25) is 9.59 Å². The van der Waals surface area contributed by atoms with Crippen molar-refractivity contribution in [1.29, 1.82) is 0 Å². The van der Waals surface area contributed by atoms with Crippen LogP contribution in [-0.4, -0.2) is 32.1 Å². The van der Waals surface area contributed by atoms with Crippen LogP contribution in [0.2, 0.25) is 0 Å². The molecule has 0 saturated carbocycles. The van der Waals surface area contributed by atoms with Gasteiger partial charge in [-0.1, -0.05) is 25.1 Å². The van der Waals surface area contributed by atoms with Crippen LogP contribution in [0.15, 0.2) is 42.5 Å². The van der Waals surface area contributed by atoms with Gasteiger partial charge in [-0.25, -0.2) is 0 Å². The van der Waals surface area contributed by atoms with E-state index in [0.717, 1.165) is 29.0 Å². The highest BCUT2D eigenvalue weighted by Crippen LogP contribution is 2.21. The third-order valence-electron chi connectivity index (χ3n) is 4.08. The molecular weight excluding hydrogens is 344 g/mol. The summed E-state index contributed by atoms with van der Waals surface area (Å²) < 4.78 is 10.6.